The minimum Gasteiger partial charge on any atom is -0.476 e. The summed E-state index contributed by atoms with van der Waals surface area (Å²) < 4.78 is 5.61. The molecule has 0 atom stereocenters. The van der Waals surface area contributed by atoms with Gasteiger partial charge in [-0.1, -0.05) is 0 Å². The van der Waals surface area contributed by atoms with Crippen LogP contribution >= 0.6 is 0 Å². The van der Waals surface area contributed by atoms with Crippen LogP contribution in [0.25, 0.3) is 0 Å². The molecule has 20 heavy (non-hydrogen) atoms. The molecule has 0 radical (unpaired) electrons. The molecule has 0 aromatic carbocycles. The van der Waals surface area contributed by atoms with Crippen LogP contribution in [0.1, 0.15) is 39.2 Å². The van der Waals surface area contributed by atoms with E-state index in [0.29, 0.717) is 18.7 Å². The molecule has 0 unspecified atom stereocenters. The van der Waals surface area contributed by atoms with Crippen LogP contribution in [0.3, 0.4) is 0 Å². The van der Waals surface area contributed by atoms with Gasteiger partial charge >= 0.3 is 0 Å². The molecule has 0 amide bonds. The van der Waals surface area contributed by atoms with Crippen LogP contribution in [-0.4, -0.2) is 41.7 Å². The second-order valence-electron chi connectivity index (χ2n) is 5.85. The number of piperidine rings is 1. The SMILES string of the molecule is CCOc1ncc(C)cc1NC1CCN(C(C)C)CC1. The van der Waals surface area contributed by atoms with Gasteiger partial charge in [0, 0.05) is 31.4 Å². The topological polar surface area (TPSA) is 37.4 Å². The number of nitrogens with zero attached hydrogens (tertiary/aromatic N) is 2. The first-order valence-electron chi connectivity index (χ1n) is 7.70. The third kappa shape index (κ3) is 3.85. The Kier molecular flexibility index (Phi) is 5.24. The van der Waals surface area contributed by atoms with Gasteiger partial charge in [-0.2, -0.15) is 0 Å². The van der Waals surface area contributed by atoms with Crippen LogP contribution in [0, 0.1) is 6.92 Å². The number of aromatic nitrogens is 1. The maximum absolute atomic E-state index is 5.61. The van der Waals surface area contributed by atoms with E-state index in [-0.39, 0.29) is 0 Å². The number of nitrogens with one attached hydrogen (secondary N) is 1. The van der Waals surface area contributed by atoms with Crippen molar-refractivity contribution in [2.45, 2.75) is 52.6 Å². The van der Waals surface area contributed by atoms with Gasteiger partial charge < -0.3 is 15.0 Å². The van der Waals surface area contributed by atoms with E-state index < -0.39 is 0 Å². The zero-order chi connectivity index (χ0) is 14.5. The Morgan fingerprint density at radius 3 is 2.70 bits per heavy atom. The average molecular weight is 277 g/mol. The third-order valence-electron chi connectivity index (χ3n) is 3.89. The second-order valence-corrected chi connectivity index (χ2v) is 5.85. The van der Waals surface area contributed by atoms with Crippen molar-refractivity contribution in [1.82, 2.24) is 9.88 Å². The van der Waals surface area contributed by atoms with E-state index in [4.69, 9.17) is 4.74 Å². The minimum absolute atomic E-state index is 0.521. The number of aryl methyl sites for hydroxylation is 1. The van der Waals surface area contributed by atoms with Crippen LogP contribution in [0.15, 0.2) is 12.3 Å². The molecule has 1 N–H and O–H groups in total. The largest absolute Gasteiger partial charge is 0.476 e. The molecular formula is C16H27N3O. The molecule has 0 aliphatic carbocycles. The van der Waals surface area contributed by atoms with E-state index in [1.165, 1.54) is 25.9 Å². The summed E-state index contributed by atoms with van der Waals surface area (Å²) in [6.45, 7) is 11.6. The van der Waals surface area contributed by atoms with Crippen LogP contribution in [0.5, 0.6) is 5.88 Å². The smallest absolute Gasteiger partial charge is 0.237 e. The summed E-state index contributed by atoms with van der Waals surface area (Å²) in [5, 5.41) is 3.62. The van der Waals surface area contributed by atoms with Gasteiger partial charge in [-0.25, -0.2) is 4.98 Å². The van der Waals surface area contributed by atoms with Crippen molar-refractivity contribution in [2.75, 3.05) is 25.0 Å². The van der Waals surface area contributed by atoms with Crippen LogP contribution in [-0.2, 0) is 0 Å². The van der Waals surface area contributed by atoms with Crippen molar-refractivity contribution >= 4 is 5.69 Å². The van der Waals surface area contributed by atoms with Crippen molar-refractivity contribution in [3.63, 3.8) is 0 Å². The summed E-state index contributed by atoms with van der Waals surface area (Å²) >= 11 is 0. The van der Waals surface area contributed by atoms with E-state index in [0.717, 1.165) is 17.1 Å². The van der Waals surface area contributed by atoms with Crippen LogP contribution in [0.4, 0.5) is 5.69 Å². The highest BCUT2D eigenvalue weighted by Gasteiger charge is 2.21. The third-order valence-corrected chi connectivity index (χ3v) is 3.89. The number of anilines is 1. The molecule has 2 heterocycles. The molecule has 0 bridgehead atoms. The van der Waals surface area contributed by atoms with Gasteiger partial charge in [-0.3, -0.25) is 0 Å². The molecule has 112 valence electrons. The summed E-state index contributed by atoms with van der Waals surface area (Å²) in [7, 11) is 0. The lowest BCUT2D eigenvalue weighted by Crippen LogP contribution is -2.42. The van der Waals surface area contributed by atoms with Crippen molar-refractivity contribution in [1.29, 1.82) is 0 Å². The highest BCUT2D eigenvalue weighted by atomic mass is 16.5. The van der Waals surface area contributed by atoms with Crippen molar-refractivity contribution in [3.8, 4) is 5.88 Å². The van der Waals surface area contributed by atoms with Crippen molar-refractivity contribution in [2.24, 2.45) is 0 Å². The zero-order valence-electron chi connectivity index (χ0n) is 13.1. The Hall–Kier alpha value is -1.29. The van der Waals surface area contributed by atoms with Crippen LogP contribution < -0.4 is 10.1 Å². The first-order valence-corrected chi connectivity index (χ1v) is 7.70. The maximum atomic E-state index is 5.61. The molecule has 1 aliphatic heterocycles. The quantitative estimate of drug-likeness (QED) is 0.897. The lowest BCUT2D eigenvalue weighted by atomic mass is 10.0. The van der Waals surface area contributed by atoms with Gasteiger partial charge in [0.05, 0.1) is 12.3 Å². The zero-order valence-corrected chi connectivity index (χ0v) is 13.1. The number of rotatable bonds is 5. The Bertz CT molecular complexity index is 426. The predicted molar refractivity (Wildman–Crippen MR) is 83.5 cm³/mol. The number of hydrogen-bond donors (Lipinski definition) is 1. The van der Waals surface area contributed by atoms with Gasteiger partial charge in [0.25, 0.3) is 0 Å². The summed E-state index contributed by atoms with van der Waals surface area (Å²) in [4.78, 5) is 6.92. The number of hydrogen-bond acceptors (Lipinski definition) is 4. The Morgan fingerprint density at radius 2 is 2.10 bits per heavy atom. The van der Waals surface area contributed by atoms with Gasteiger partial charge in [0.15, 0.2) is 0 Å². The van der Waals surface area contributed by atoms with E-state index >= 15 is 0 Å². The monoisotopic (exact) mass is 277 g/mol. The molecule has 1 saturated heterocycles. The molecule has 0 saturated carbocycles. The summed E-state index contributed by atoms with van der Waals surface area (Å²) in [6, 6.07) is 3.30. The van der Waals surface area contributed by atoms with Gasteiger partial charge in [-0.15, -0.1) is 0 Å². The van der Waals surface area contributed by atoms with E-state index in [1.54, 1.807) is 0 Å². The Labute approximate surface area is 122 Å². The van der Waals surface area contributed by atoms with E-state index in [1.807, 2.05) is 13.1 Å². The predicted octanol–water partition coefficient (Wildman–Crippen LogP) is 3.07. The standard InChI is InChI=1S/C16H27N3O/c1-5-20-16-15(10-13(4)11-17-16)18-14-6-8-19(9-7-14)12(2)3/h10-12,14,18H,5-9H2,1-4H3. The molecule has 1 aromatic rings. The average Bonchev–Trinajstić information content (AvgIpc) is 2.42. The Morgan fingerprint density at radius 1 is 1.40 bits per heavy atom. The number of pyridine rings is 1. The van der Waals surface area contributed by atoms with Crippen molar-refractivity contribution < 1.29 is 4.74 Å². The molecule has 0 spiro atoms. The normalized spacial score (nSPS) is 17.4. The lowest BCUT2D eigenvalue weighted by molar-refractivity contribution is 0.177. The Balaban J connectivity index is 1.98. The molecule has 1 fully saturated rings. The van der Waals surface area contributed by atoms with Gasteiger partial charge in [0.1, 0.15) is 0 Å². The molecule has 1 aromatic heterocycles. The summed E-state index contributed by atoms with van der Waals surface area (Å²) in [5.74, 6) is 0.726. The minimum atomic E-state index is 0.521. The van der Waals surface area contributed by atoms with Crippen molar-refractivity contribution in [3.05, 3.63) is 17.8 Å². The first kappa shape index (κ1) is 15.1. The van der Waals surface area contributed by atoms with E-state index in [9.17, 15) is 0 Å². The fourth-order valence-electron chi connectivity index (χ4n) is 2.69. The molecular weight excluding hydrogens is 250 g/mol. The second kappa shape index (κ2) is 6.93. The molecule has 2 rings (SSSR count). The number of likely N-dealkylation sites (tertiary alicyclic amines) is 1. The van der Waals surface area contributed by atoms with Crippen LogP contribution in [0.2, 0.25) is 0 Å². The highest BCUT2D eigenvalue weighted by Crippen LogP contribution is 2.26. The molecule has 4 heteroatoms. The summed E-state index contributed by atoms with van der Waals surface area (Å²) in [6.07, 6.45) is 4.22. The lowest BCUT2D eigenvalue weighted by Gasteiger charge is -2.35. The maximum Gasteiger partial charge on any atom is 0.237 e. The van der Waals surface area contributed by atoms with Gasteiger partial charge in [-0.05, 0) is 52.2 Å². The fraction of sp³-hybridized carbons (Fsp3) is 0.688. The number of ether oxygens (including phenoxy) is 1. The summed E-state index contributed by atoms with van der Waals surface area (Å²) in [5.41, 5.74) is 2.20. The van der Waals surface area contributed by atoms with E-state index in [2.05, 4.69) is 42.0 Å². The molecule has 1 aliphatic rings. The fourth-order valence-corrected chi connectivity index (χ4v) is 2.69. The molecule has 4 nitrogen and oxygen atoms in total. The highest BCUT2D eigenvalue weighted by molar-refractivity contribution is 5.54. The van der Waals surface area contributed by atoms with Gasteiger partial charge in [0.2, 0.25) is 5.88 Å². The first-order chi connectivity index (χ1) is 9.60.